The van der Waals surface area contributed by atoms with Crippen molar-refractivity contribution in [2.45, 2.75) is 39.3 Å². The number of carbonyl (C=O) groups excluding carboxylic acids is 1. The third kappa shape index (κ3) is 7.23. The number of anilines is 1. The third-order valence-electron chi connectivity index (χ3n) is 6.23. The molecule has 2 heterocycles. The van der Waals surface area contributed by atoms with Gasteiger partial charge in [-0.1, -0.05) is 74.5 Å². The van der Waals surface area contributed by atoms with Gasteiger partial charge in [0, 0.05) is 24.0 Å². The van der Waals surface area contributed by atoms with Gasteiger partial charge in [-0.05, 0) is 43.0 Å². The van der Waals surface area contributed by atoms with Crippen LogP contribution in [0.25, 0.3) is 0 Å². The Labute approximate surface area is 209 Å². The van der Waals surface area contributed by atoms with Crippen LogP contribution < -0.4 is 5.73 Å². The van der Waals surface area contributed by atoms with Crippen LogP contribution in [0.4, 0.5) is 5.69 Å². The minimum atomic E-state index is -2.95. The predicted molar refractivity (Wildman–Crippen MR) is 142 cm³/mol. The molecule has 1 aliphatic heterocycles. The lowest BCUT2D eigenvalue weighted by Gasteiger charge is -2.38. The average Bonchev–Trinajstić information content (AvgIpc) is 3.12. The third-order valence-corrected chi connectivity index (χ3v) is 8.12. The first-order valence-corrected chi connectivity index (χ1v) is 13.8. The van der Waals surface area contributed by atoms with Crippen molar-refractivity contribution in [2.24, 2.45) is 5.92 Å². The van der Waals surface area contributed by atoms with Gasteiger partial charge >= 0.3 is 0 Å². The maximum atomic E-state index is 12.2. The fraction of sp³-hybridized carbons (Fsp3) is 0.357. The van der Waals surface area contributed by atoms with E-state index in [0.29, 0.717) is 17.0 Å². The predicted octanol–water partition coefficient (Wildman–Crippen LogP) is 4.79. The van der Waals surface area contributed by atoms with Crippen LogP contribution in [0.5, 0.6) is 0 Å². The highest BCUT2D eigenvalue weighted by atomic mass is 32.2. The van der Waals surface area contributed by atoms with Gasteiger partial charge in [-0.3, -0.25) is 14.7 Å². The number of sulfone groups is 1. The number of hydrogen-bond donors (Lipinski definition) is 1. The molecule has 6 nitrogen and oxygen atoms in total. The number of carbonyl (C=O) groups is 1. The highest BCUT2D eigenvalue weighted by molar-refractivity contribution is 7.91. The molecule has 0 spiro atoms. The molecule has 1 fully saturated rings. The number of nitrogens with zero attached hydrogens (tertiary/aromatic N) is 2. The molecule has 2 atom stereocenters. The number of benzene rings is 2. The summed E-state index contributed by atoms with van der Waals surface area (Å²) in [6.07, 6.45) is 4.00. The minimum Gasteiger partial charge on any atom is -0.397 e. The van der Waals surface area contributed by atoms with Crippen LogP contribution in [0.2, 0.25) is 0 Å². The summed E-state index contributed by atoms with van der Waals surface area (Å²) in [7, 11) is -2.95. The van der Waals surface area contributed by atoms with Gasteiger partial charge < -0.3 is 5.73 Å². The Morgan fingerprint density at radius 3 is 2.00 bits per heavy atom. The summed E-state index contributed by atoms with van der Waals surface area (Å²) >= 11 is 0. The molecule has 4 rings (SSSR count). The normalized spacial score (nSPS) is 18.8. The standard InChI is InChI=1S/C21H27NO2S.C7H8N2O/c1-3-14-22(20-16-25(23,24)15-17(20)2)21(18-10-6-4-7-11-18)19-12-8-5-9-13-19;1-5(10)6-2-7(8)4-9-3-6/h4-13,17,20-21H,3,14-16H2,1-2H3;2-4H,8H2,1H3. The van der Waals surface area contributed by atoms with Crippen molar-refractivity contribution in [3.8, 4) is 0 Å². The molecule has 0 bridgehead atoms. The Kier molecular flexibility index (Phi) is 9.18. The molecule has 35 heavy (non-hydrogen) atoms. The maximum absolute atomic E-state index is 12.2. The molecule has 0 radical (unpaired) electrons. The van der Waals surface area contributed by atoms with E-state index in [9.17, 15) is 13.2 Å². The van der Waals surface area contributed by atoms with E-state index in [1.54, 1.807) is 6.07 Å². The Balaban J connectivity index is 0.000000287. The summed E-state index contributed by atoms with van der Waals surface area (Å²) < 4.78 is 24.5. The Hall–Kier alpha value is -3.03. The lowest BCUT2D eigenvalue weighted by molar-refractivity contribution is 0.101. The molecule has 1 saturated heterocycles. The molecular formula is C28H35N3O3S. The van der Waals surface area contributed by atoms with Gasteiger partial charge in [0.2, 0.25) is 0 Å². The number of nitrogen functional groups attached to an aromatic ring is 1. The zero-order valence-electron chi connectivity index (χ0n) is 20.7. The van der Waals surface area contributed by atoms with Crippen molar-refractivity contribution in [2.75, 3.05) is 23.8 Å². The SMILES string of the molecule is CC(=O)c1cncc(N)c1.CCCN(C(c1ccccc1)c1ccccc1)C1CS(=O)(=O)CC1C. The molecule has 7 heteroatoms. The van der Waals surface area contributed by atoms with Crippen LogP contribution >= 0.6 is 0 Å². The van der Waals surface area contributed by atoms with Crippen LogP contribution in [0.3, 0.4) is 0 Å². The topological polar surface area (TPSA) is 93.4 Å². The van der Waals surface area contributed by atoms with Gasteiger partial charge in [0.25, 0.3) is 0 Å². The number of ketones is 1. The van der Waals surface area contributed by atoms with Crippen LogP contribution in [0.15, 0.2) is 79.1 Å². The lowest BCUT2D eigenvalue weighted by atomic mass is 9.93. The number of pyridine rings is 1. The van der Waals surface area contributed by atoms with Crippen LogP contribution in [-0.4, -0.2) is 48.2 Å². The first kappa shape index (κ1) is 26.6. The summed E-state index contributed by atoms with van der Waals surface area (Å²) in [6.45, 7) is 6.61. The van der Waals surface area contributed by atoms with E-state index in [4.69, 9.17) is 5.73 Å². The summed E-state index contributed by atoms with van der Waals surface area (Å²) in [4.78, 5) is 16.9. The number of nitrogens with two attached hydrogens (primary N) is 1. The highest BCUT2D eigenvalue weighted by Crippen LogP contribution is 2.35. The van der Waals surface area contributed by atoms with Crippen molar-refractivity contribution >= 4 is 21.3 Å². The Bertz CT molecular complexity index is 1160. The number of rotatable bonds is 7. The van der Waals surface area contributed by atoms with Crippen molar-refractivity contribution in [1.82, 2.24) is 9.88 Å². The van der Waals surface area contributed by atoms with Gasteiger partial charge in [0.05, 0.1) is 23.2 Å². The summed E-state index contributed by atoms with van der Waals surface area (Å²) in [5.74, 6) is 0.713. The van der Waals surface area contributed by atoms with Gasteiger partial charge in [-0.15, -0.1) is 0 Å². The monoisotopic (exact) mass is 493 g/mol. The molecule has 2 N–H and O–H groups in total. The van der Waals surface area contributed by atoms with E-state index in [-0.39, 0.29) is 29.5 Å². The van der Waals surface area contributed by atoms with Gasteiger partial charge in [0.1, 0.15) is 0 Å². The summed E-state index contributed by atoms with van der Waals surface area (Å²) in [6, 6.07) is 22.6. The van der Waals surface area contributed by atoms with Crippen LogP contribution in [0, 0.1) is 5.92 Å². The van der Waals surface area contributed by atoms with Crippen molar-refractivity contribution in [3.05, 3.63) is 95.8 Å². The smallest absolute Gasteiger partial charge is 0.161 e. The number of hydrogen-bond acceptors (Lipinski definition) is 6. The molecule has 0 saturated carbocycles. The van der Waals surface area contributed by atoms with E-state index in [1.165, 1.54) is 30.4 Å². The van der Waals surface area contributed by atoms with Crippen molar-refractivity contribution < 1.29 is 13.2 Å². The molecule has 3 aromatic rings. The molecule has 0 amide bonds. The number of Topliss-reactive ketones (excluding diaryl/α,β-unsaturated/α-hetero) is 1. The molecular weight excluding hydrogens is 458 g/mol. The van der Waals surface area contributed by atoms with Gasteiger partial charge in [0.15, 0.2) is 15.6 Å². The van der Waals surface area contributed by atoms with E-state index in [2.05, 4.69) is 72.3 Å². The van der Waals surface area contributed by atoms with Gasteiger partial charge in [-0.25, -0.2) is 8.42 Å². The molecule has 1 aromatic heterocycles. The number of aromatic nitrogens is 1. The summed E-state index contributed by atoms with van der Waals surface area (Å²) in [5.41, 5.74) is 8.90. The second kappa shape index (κ2) is 12.1. The second-order valence-corrected chi connectivity index (χ2v) is 11.3. The zero-order chi connectivity index (χ0) is 25.4. The fourth-order valence-corrected chi connectivity index (χ4v) is 6.87. The molecule has 2 unspecified atom stereocenters. The van der Waals surface area contributed by atoms with Gasteiger partial charge in [-0.2, -0.15) is 0 Å². The van der Waals surface area contributed by atoms with E-state index in [0.717, 1.165) is 13.0 Å². The minimum absolute atomic E-state index is 0.0141. The second-order valence-electron chi connectivity index (χ2n) is 9.15. The van der Waals surface area contributed by atoms with E-state index in [1.807, 2.05) is 12.1 Å². The average molecular weight is 494 g/mol. The van der Waals surface area contributed by atoms with E-state index >= 15 is 0 Å². The van der Waals surface area contributed by atoms with Crippen LogP contribution in [-0.2, 0) is 9.84 Å². The maximum Gasteiger partial charge on any atom is 0.161 e. The Morgan fingerprint density at radius 2 is 1.60 bits per heavy atom. The first-order valence-electron chi connectivity index (χ1n) is 12.0. The fourth-order valence-electron chi connectivity index (χ4n) is 4.67. The largest absolute Gasteiger partial charge is 0.397 e. The zero-order valence-corrected chi connectivity index (χ0v) is 21.5. The first-order chi connectivity index (χ1) is 16.7. The molecule has 0 aliphatic carbocycles. The lowest BCUT2D eigenvalue weighted by Crippen LogP contribution is -2.43. The van der Waals surface area contributed by atoms with Crippen LogP contribution in [0.1, 0.15) is 54.7 Å². The quantitative estimate of drug-likeness (QED) is 0.476. The molecule has 1 aliphatic rings. The summed E-state index contributed by atoms with van der Waals surface area (Å²) in [5, 5.41) is 0. The van der Waals surface area contributed by atoms with Crippen molar-refractivity contribution in [1.29, 1.82) is 0 Å². The highest BCUT2D eigenvalue weighted by Gasteiger charge is 2.41. The van der Waals surface area contributed by atoms with Crippen molar-refractivity contribution in [3.63, 3.8) is 0 Å². The van der Waals surface area contributed by atoms with E-state index < -0.39 is 9.84 Å². The Morgan fingerprint density at radius 1 is 1.03 bits per heavy atom. The molecule has 2 aromatic carbocycles. The molecule has 186 valence electrons.